The Labute approximate surface area is 152 Å². The quantitative estimate of drug-likeness (QED) is 0.573. The summed E-state index contributed by atoms with van der Waals surface area (Å²) in [4.78, 5) is 0. The zero-order valence-corrected chi connectivity index (χ0v) is 16.7. The molecule has 0 saturated carbocycles. The van der Waals surface area contributed by atoms with Crippen molar-refractivity contribution in [1.29, 1.82) is 0 Å². The lowest BCUT2D eigenvalue weighted by atomic mass is 9.80. The van der Waals surface area contributed by atoms with Gasteiger partial charge in [-0.15, -0.1) is 0 Å². The van der Waals surface area contributed by atoms with E-state index in [9.17, 15) is 4.39 Å². The van der Waals surface area contributed by atoms with Crippen LogP contribution in [0.4, 0.5) is 4.39 Å². The molecule has 0 bridgehead atoms. The van der Waals surface area contributed by atoms with Crippen molar-refractivity contribution in [3.05, 3.63) is 59.9 Å². The fourth-order valence-corrected chi connectivity index (χ4v) is 2.54. The molecule has 0 aliphatic heterocycles. The molecule has 136 valence electrons. The number of methoxy groups -OCH3 is 1. The zero-order chi connectivity index (χ0) is 19.2. The maximum atomic E-state index is 14.4. The largest absolute Gasteiger partial charge is 0.497 e. The van der Waals surface area contributed by atoms with Crippen molar-refractivity contribution < 1.29 is 9.13 Å². The van der Waals surface area contributed by atoms with Crippen molar-refractivity contribution >= 4 is 5.57 Å². The molecule has 0 atom stereocenters. The van der Waals surface area contributed by atoms with Gasteiger partial charge < -0.3 is 4.74 Å². The number of rotatable bonds is 4. The average Bonchev–Trinajstić information content (AvgIpc) is 2.62. The van der Waals surface area contributed by atoms with Gasteiger partial charge in [-0.2, -0.15) is 0 Å². The Kier molecular flexibility index (Phi) is 7.41. The Morgan fingerprint density at radius 3 is 2.20 bits per heavy atom. The lowest BCUT2D eigenvalue weighted by Gasteiger charge is -2.25. The van der Waals surface area contributed by atoms with Gasteiger partial charge in [-0.3, -0.25) is 0 Å². The third kappa shape index (κ3) is 4.94. The van der Waals surface area contributed by atoms with E-state index in [1.165, 1.54) is 11.6 Å². The van der Waals surface area contributed by atoms with Crippen LogP contribution in [-0.2, 0) is 6.42 Å². The van der Waals surface area contributed by atoms with Crippen LogP contribution in [0.3, 0.4) is 0 Å². The van der Waals surface area contributed by atoms with E-state index in [4.69, 9.17) is 4.74 Å². The van der Waals surface area contributed by atoms with Gasteiger partial charge in [0.2, 0.25) is 0 Å². The second-order valence-corrected chi connectivity index (χ2v) is 6.81. The van der Waals surface area contributed by atoms with Crippen molar-refractivity contribution in [3.8, 4) is 16.9 Å². The summed E-state index contributed by atoms with van der Waals surface area (Å²) in [6, 6.07) is 11.0. The molecule has 0 unspecified atom stereocenters. The van der Waals surface area contributed by atoms with Crippen LogP contribution in [0, 0.1) is 11.2 Å². The molecule has 2 heteroatoms. The molecule has 0 aromatic heterocycles. The van der Waals surface area contributed by atoms with E-state index in [-0.39, 0.29) is 11.2 Å². The smallest absolute Gasteiger partial charge is 0.131 e. The average molecular weight is 342 g/mol. The van der Waals surface area contributed by atoms with Crippen LogP contribution in [0.15, 0.2) is 43.0 Å². The second kappa shape index (κ2) is 8.84. The Morgan fingerprint density at radius 1 is 1.04 bits per heavy atom. The summed E-state index contributed by atoms with van der Waals surface area (Å²) in [5.41, 5.74) is 4.55. The molecule has 2 aromatic carbocycles. The molecule has 2 rings (SSSR count). The van der Waals surface area contributed by atoms with Gasteiger partial charge in [0.15, 0.2) is 0 Å². The van der Waals surface area contributed by atoms with E-state index >= 15 is 0 Å². The standard InChI is InChI=1S/C21H25FO.C2H6/c1-7-15-8-10-17(18(12-15)14(2)21(3,4)5)19-13-16(23-6)9-11-20(19)22;1-2/h8-13H,2,7H2,1,3-6H3;1-2H3. The molecule has 0 aliphatic carbocycles. The van der Waals surface area contributed by atoms with Crippen LogP contribution >= 0.6 is 0 Å². The molecular formula is C23H31FO. The van der Waals surface area contributed by atoms with Crippen molar-refractivity contribution in [2.24, 2.45) is 5.41 Å². The molecule has 0 amide bonds. The number of ether oxygens (including phenoxy) is 1. The van der Waals surface area contributed by atoms with Gasteiger partial charge in [0.05, 0.1) is 7.11 Å². The van der Waals surface area contributed by atoms with E-state index < -0.39 is 0 Å². The molecule has 0 spiro atoms. The summed E-state index contributed by atoms with van der Waals surface area (Å²) < 4.78 is 19.7. The number of hydrogen-bond acceptors (Lipinski definition) is 1. The number of aryl methyl sites for hydroxylation is 1. The lowest BCUT2D eigenvalue weighted by molar-refractivity contribution is 0.414. The van der Waals surface area contributed by atoms with Crippen LogP contribution in [0.1, 0.15) is 52.7 Å². The molecule has 2 aromatic rings. The predicted octanol–water partition coefficient (Wildman–Crippen LogP) is 7.15. The van der Waals surface area contributed by atoms with Gasteiger partial charge in [0.25, 0.3) is 0 Å². The highest BCUT2D eigenvalue weighted by molar-refractivity contribution is 5.83. The second-order valence-electron chi connectivity index (χ2n) is 6.81. The Bertz CT molecular complexity index is 723. The van der Waals surface area contributed by atoms with Crippen LogP contribution < -0.4 is 4.74 Å². The fraction of sp³-hybridized carbons (Fsp3) is 0.391. The Balaban J connectivity index is 0.00000151. The minimum absolute atomic E-state index is 0.0868. The topological polar surface area (TPSA) is 9.23 Å². The SMILES string of the molecule is C=C(c1cc(CC)ccc1-c1cc(OC)ccc1F)C(C)(C)C.CC. The number of halogens is 1. The van der Waals surface area contributed by atoms with Crippen molar-refractivity contribution in [2.45, 2.75) is 48.0 Å². The maximum absolute atomic E-state index is 14.4. The van der Waals surface area contributed by atoms with E-state index in [0.717, 1.165) is 23.1 Å². The number of hydrogen-bond donors (Lipinski definition) is 0. The third-order valence-electron chi connectivity index (χ3n) is 4.19. The maximum Gasteiger partial charge on any atom is 0.131 e. The first kappa shape index (κ1) is 21.0. The molecule has 0 N–H and O–H groups in total. The highest BCUT2D eigenvalue weighted by Crippen LogP contribution is 2.40. The van der Waals surface area contributed by atoms with E-state index in [1.54, 1.807) is 19.2 Å². The first-order valence-corrected chi connectivity index (χ1v) is 8.94. The van der Waals surface area contributed by atoms with Crippen molar-refractivity contribution in [2.75, 3.05) is 7.11 Å². The third-order valence-corrected chi connectivity index (χ3v) is 4.19. The lowest BCUT2D eigenvalue weighted by Crippen LogP contribution is -2.09. The molecule has 0 saturated heterocycles. The van der Waals surface area contributed by atoms with Crippen molar-refractivity contribution in [1.82, 2.24) is 0 Å². The van der Waals surface area contributed by atoms with Gasteiger partial charge in [-0.25, -0.2) is 4.39 Å². The van der Waals surface area contributed by atoms with Gasteiger partial charge in [0, 0.05) is 5.56 Å². The molecule has 0 radical (unpaired) electrons. The summed E-state index contributed by atoms with van der Waals surface area (Å²) in [6.07, 6.45) is 0.936. The molecular weight excluding hydrogens is 311 g/mol. The van der Waals surface area contributed by atoms with Crippen molar-refractivity contribution in [3.63, 3.8) is 0 Å². The van der Waals surface area contributed by atoms with Crippen LogP contribution in [0.5, 0.6) is 5.75 Å². The highest BCUT2D eigenvalue weighted by Gasteiger charge is 2.21. The first-order chi connectivity index (χ1) is 11.8. The zero-order valence-electron chi connectivity index (χ0n) is 16.7. The predicted molar refractivity (Wildman–Crippen MR) is 108 cm³/mol. The molecule has 1 nitrogen and oxygen atoms in total. The van der Waals surface area contributed by atoms with Crippen LogP contribution in [0.25, 0.3) is 16.7 Å². The number of allylic oxidation sites excluding steroid dienone is 1. The minimum Gasteiger partial charge on any atom is -0.497 e. The monoisotopic (exact) mass is 342 g/mol. The van der Waals surface area contributed by atoms with E-state index in [1.807, 2.05) is 26.0 Å². The summed E-state index contributed by atoms with van der Waals surface area (Å²) >= 11 is 0. The molecule has 25 heavy (non-hydrogen) atoms. The van der Waals surface area contributed by atoms with Gasteiger partial charge >= 0.3 is 0 Å². The summed E-state index contributed by atoms with van der Waals surface area (Å²) in [5, 5.41) is 0. The van der Waals surface area contributed by atoms with E-state index in [2.05, 4.69) is 40.3 Å². The van der Waals surface area contributed by atoms with Gasteiger partial charge in [0.1, 0.15) is 11.6 Å². The molecule has 0 fully saturated rings. The summed E-state index contributed by atoms with van der Waals surface area (Å²) in [6.45, 7) is 16.8. The van der Waals surface area contributed by atoms with E-state index in [0.29, 0.717) is 11.3 Å². The Hall–Kier alpha value is -2.09. The minimum atomic E-state index is -0.252. The Morgan fingerprint density at radius 2 is 1.68 bits per heavy atom. The summed E-state index contributed by atoms with van der Waals surface area (Å²) in [7, 11) is 1.59. The molecule has 0 aliphatic rings. The number of benzene rings is 2. The first-order valence-electron chi connectivity index (χ1n) is 8.94. The molecule has 0 heterocycles. The summed E-state index contributed by atoms with van der Waals surface area (Å²) in [5.74, 6) is 0.395. The highest BCUT2D eigenvalue weighted by atomic mass is 19.1. The normalized spacial score (nSPS) is 10.7. The van der Waals surface area contributed by atoms with Crippen LogP contribution in [0.2, 0.25) is 0 Å². The fourth-order valence-electron chi connectivity index (χ4n) is 2.54. The van der Waals surface area contributed by atoms with Gasteiger partial charge in [-0.1, -0.05) is 66.3 Å². The van der Waals surface area contributed by atoms with Gasteiger partial charge in [-0.05, 0) is 52.3 Å². The van der Waals surface area contributed by atoms with Crippen LogP contribution in [-0.4, -0.2) is 7.11 Å².